The molecular formula is C29H21N5O2. The number of benzene rings is 4. The van der Waals surface area contributed by atoms with Crippen LogP contribution in [-0.4, -0.2) is 21.0 Å². The zero-order valence-electron chi connectivity index (χ0n) is 19.4. The van der Waals surface area contributed by atoms with Gasteiger partial charge >= 0.3 is 0 Å². The number of nitrogens with two attached hydrogens (primary N) is 1. The summed E-state index contributed by atoms with van der Waals surface area (Å²) in [5.74, 6) is 0.194. The van der Waals surface area contributed by atoms with Crippen molar-refractivity contribution in [1.82, 2.24) is 15.1 Å². The second kappa shape index (κ2) is 8.63. The Labute approximate surface area is 206 Å². The highest BCUT2D eigenvalue weighted by Crippen LogP contribution is 2.36. The average molecular weight is 472 g/mol. The summed E-state index contributed by atoms with van der Waals surface area (Å²) in [7, 11) is 0. The predicted molar refractivity (Wildman–Crippen MR) is 141 cm³/mol. The third kappa shape index (κ3) is 3.54. The lowest BCUT2D eigenvalue weighted by molar-refractivity contribution is 0.0997. The summed E-state index contributed by atoms with van der Waals surface area (Å²) in [5, 5.41) is 7.87. The van der Waals surface area contributed by atoms with Crippen LogP contribution in [0.15, 0.2) is 102 Å². The van der Waals surface area contributed by atoms with E-state index in [9.17, 15) is 4.79 Å². The first-order chi connectivity index (χ1) is 17.6. The second-order valence-corrected chi connectivity index (χ2v) is 8.44. The maximum atomic E-state index is 13.8. The number of aryl methyl sites for hydroxylation is 1. The first kappa shape index (κ1) is 21.5. The number of amides is 1. The summed E-state index contributed by atoms with van der Waals surface area (Å²) in [6.07, 6.45) is 2.92. The highest BCUT2D eigenvalue weighted by molar-refractivity contribution is 6.15. The molecule has 0 aliphatic carbocycles. The third-order valence-corrected chi connectivity index (χ3v) is 6.25. The van der Waals surface area contributed by atoms with Gasteiger partial charge in [0.15, 0.2) is 11.6 Å². The molecule has 4 aromatic carbocycles. The number of hydrogen-bond donors (Lipinski definition) is 1. The number of carbonyl (C=O) groups is 1. The van der Waals surface area contributed by atoms with E-state index < -0.39 is 0 Å². The number of aromatic nitrogens is 3. The fourth-order valence-electron chi connectivity index (χ4n) is 4.50. The zero-order chi connectivity index (χ0) is 24.6. The summed E-state index contributed by atoms with van der Waals surface area (Å²) in [4.78, 5) is 24.7. The van der Waals surface area contributed by atoms with E-state index in [0.29, 0.717) is 28.5 Å². The number of anilines is 3. The van der Waals surface area contributed by atoms with Gasteiger partial charge in [-0.15, -0.1) is 0 Å². The molecule has 0 unspecified atom stereocenters. The summed E-state index contributed by atoms with van der Waals surface area (Å²) >= 11 is 0. The highest BCUT2D eigenvalue weighted by Gasteiger charge is 2.27. The molecule has 0 aliphatic heterocycles. The van der Waals surface area contributed by atoms with Crippen molar-refractivity contribution in [1.29, 1.82) is 0 Å². The molecule has 2 heterocycles. The first-order valence-corrected chi connectivity index (χ1v) is 11.5. The normalized spacial score (nSPS) is 11.1. The zero-order valence-corrected chi connectivity index (χ0v) is 19.4. The molecule has 0 aliphatic rings. The molecule has 6 rings (SSSR count). The van der Waals surface area contributed by atoms with Gasteiger partial charge in [0, 0.05) is 10.9 Å². The Balaban J connectivity index is 1.54. The lowest BCUT2D eigenvalue weighted by Crippen LogP contribution is -2.28. The molecule has 0 radical (unpaired) electrons. The van der Waals surface area contributed by atoms with Crippen molar-refractivity contribution < 1.29 is 9.32 Å². The molecule has 2 N–H and O–H groups in total. The molecule has 0 bridgehead atoms. The van der Waals surface area contributed by atoms with Gasteiger partial charge in [-0.05, 0) is 29.1 Å². The SMILES string of the molecule is Cc1nocc1C(=O)N(c1cnc(-c2cccc3ccccc23)c(N)n1)c1cccc2ccccc12. The number of nitrogens with zero attached hydrogens (tertiary/aromatic N) is 4. The van der Waals surface area contributed by atoms with Gasteiger partial charge in [-0.2, -0.15) is 0 Å². The van der Waals surface area contributed by atoms with Gasteiger partial charge in [0.25, 0.3) is 5.91 Å². The van der Waals surface area contributed by atoms with E-state index in [-0.39, 0.29) is 11.7 Å². The van der Waals surface area contributed by atoms with Crippen LogP contribution >= 0.6 is 0 Å². The molecule has 0 fully saturated rings. The number of fused-ring (bicyclic) bond motifs is 2. The Morgan fingerprint density at radius 3 is 2.25 bits per heavy atom. The van der Waals surface area contributed by atoms with Crippen molar-refractivity contribution >= 4 is 44.8 Å². The van der Waals surface area contributed by atoms with Crippen molar-refractivity contribution in [2.24, 2.45) is 0 Å². The van der Waals surface area contributed by atoms with Gasteiger partial charge in [0.1, 0.15) is 17.5 Å². The Bertz CT molecular complexity index is 1750. The highest BCUT2D eigenvalue weighted by atomic mass is 16.5. The fraction of sp³-hybridized carbons (Fsp3) is 0.0345. The topological polar surface area (TPSA) is 98.1 Å². The number of nitrogen functional groups attached to an aromatic ring is 1. The first-order valence-electron chi connectivity index (χ1n) is 11.5. The van der Waals surface area contributed by atoms with E-state index in [1.807, 2.05) is 84.9 Å². The molecule has 174 valence electrons. The van der Waals surface area contributed by atoms with Crippen molar-refractivity contribution in [2.75, 3.05) is 10.6 Å². The molecular weight excluding hydrogens is 450 g/mol. The van der Waals surface area contributed by atoms with Gasteiger partial charge in [-0.1, -0.05) is 84.0 Å². The average Bonchev–Trinajstić information content (AvgIpc) is 3.34. The minimum Gasteiger partial charge on any atom is -0.382 e. The molecule has 1 amide bonds. The van der Waals surface area contributed by atoms with E-state index >= 15 is 0 Å². The van der Waals surface area contributed by atoms with Crippen molar-refractivity contribution in [3.8, 4) is 11.3 Å². The molecule has 7 nitrogen and oxygen atoms in total. The van der Waals surface area contributed by atoms with Crippen molar-refractivity contribution in [3.63, 3.8) is 0 Å². The van der Waals surface area contributed by atoms with Crippen LogP contribution in [0.3, 0.4) is 0 Å². The minimum absolute atomic E-state index is 0.226. The van der Waals surface area contributed by atoms with Crippen LogP contribution in [0.1, 0.15) is 16.1 Å². The van der Waals surface area contributed by atoms with Gasteiger partial charge in [0.05, 0.1) is 17.6 Å². The molecule has 7 heteroatoms. The quantitative estimate of drug-likeness (QED) is 0.324. The van der Waals surface area contributed by atoms with E-state index in [2.05, 4.69) is 10.1 Å². The van der Waals surface area contributed by atoms with E-state index in [1.165, 1.54) is 11.2 Å². The minimum atomic E-state index is -0.336. The lowest BCUT2D eigenvalue weighted by Gasteiger charge is -2.23. The smallest absolute Gasteiger partial charge is 0.269 e. The molecule has 0 atom stereocenters. The molecule has 0 saturated heterocycles. The Morgan fingerprint density at radius 2 is 1.53 bits per heavy atom. The van der Waals surface area contributed by atoms with Gasteiger partial charge in [-0.25, -0.2) is 9.97 Å². The molecule has 36 heavy (non-hydrogen) atoms. The maximum absolute atomic E-state index is 13.8. The van der Waals surface area contributed by atoms with Crippen LogP contribution in [0.25, 0.3) is 32.8 Å². The Morgan fingerprint density at radius 1 is 0.861 bits per heavy atom. The molecule has 0 saturated carbocycles. The van der Waals surface area contributed by atoms with Crippen LogP contribution in [-0.2, 0) is 0 Å². The van der Waals surface area contributed by atoms with Gasteiger partial charge in [-0.3, -0.25) is 9.69 Å². The van der Waals surface area contributed by atoms with E-state index in [4.69, 9.17) is 15.2 Å². The summed E-state index contributed by atoms with van der Waals surface area (Å²) in [6, 6.07) is 27.6. The van der Waals surface area contributed by atoms with Crippen LogP contribution in [0.4, 0.5) is 17.3 Å². The second-order valence-electron chi connectivity index (χ2n) is 8.44. The number of carbonyl (C=O) groups excluding carboxylic acids is 1. The standard InChI is InChI=1S/C29H21N5O2/c1-18-24(17-36-33-18)29(35)34(25-15-7-11-20-9-3-5-13-22(20)25)26-16-31-27(28(30)32-26)23-14-6-10-19-8-2-4-12-21(19)23/h2-17H,1H3,(H2,30,32). The fourth-order valence-corrected chi connectivity index (χ4v) is 4.50. The van der Waals surface area contributed by atoms with Gasteiger partial charge < -0.3 is 10.3 Å². The van der Waals surface area contributed by atoms with Crippen molar-refractivity contribution in [2.45, 2.75) is 6.92 Å². The van der Waals surface area contributed by atoms with Crippen molar-refractivity contribution in [3.05, 3.63) is 109 Å². The van der Waals surface area contributed by atoms with Crippen LogP contribution in [0.5, 0.6) is 0 Å². The maximum Gasteiger partial charge on any atom is 0.269 e. The Kier molecular flexibility index (Phi) is 5.15. The molecule has 0 spiro atoms. The van der Waals surface area contributed by atoms with E-state index in [0.717, 1.165) is 27.1 Å². The van der Waals surface area contributed by atoms with Crippen LogP contribution in [0.2, 0.25) is 0 Å². The van der Waals surface area contributed by atoms with Crippen LogP contribution < -0.4 is 10.6 Å². The summed E-state index contributed by atoms with van der Waals surface area (Å²) in [5.41, 5.74) is 9.39. The Hall–Kier alpha value is -5.04. The number of rotatable bonds is 4. The molecule has 2 aromatic heterocycles. The predicted octanol–water partition coefficient (Wildman–Crippen LogP) is 6.31. The lowest BCUT2D eigenvalue weighted by atomic mass is 10.0. The van der Waals surface area contributed by atoms with Crippen LogP contribution in [0, 0.1) is 6.92 Å². The summed E-state index contributed by atoms with van der Waals surface area (Å²) in [6.45, 7) is 1.72. The monoisotopic (exact) mass is 471 g/mol. The van der Waals surface area contributed by atoms with Gasteiger partial charge in [0.2, 0.25) is 0 Å². The van der Waals surface area contributed by atoms with E-state index in [1.54, 1.807) is 13.1 Å². The summed E-state index contributed by atoms with van der Waals surface area (Å²) < 4.78 is 5.06. The third-order valence-electron chi connectivity index (χ3n) is 6.25. The molecule has 6 aromatic rings. The number of hydrogen-bond acceptors (Lipinski definition) is 6. The largest absolute Gasteiger partial charge is 0.382 e.